The van der Waals surface area contributed by atoms with Gasteiger partial charge in [-0.05, 0) is 45.2 Å². The second-order valence-electron chi connectivity index (χ2n) is 5.50. The van der Waals surface area contributed by atoms with Gasteiger partial charge in [-0.25, -0.2) is 4.98 Å². The molecule has 1 aliphatic carbocycles. The molecule has 0 aromatic carbocycles. The van der Waals surface area contributed by atoms with Crippen molar-refractivity contribution in [2.75, 3.05) is 11.4 Å². The molecule has 112 valence electrons. The fourth-order valence-corrected chi connectivity index (χ4v) is 3.91. The number of aliphatic hydroxyl groups excluding tert-OH is 1. The van der Waals surface area contributed by atoms with Crippen LogP contribution in [0, 0.1) is 6.92 Å². The van der Waals surface area contributed by atoms with Crippen molar-refractivity contribution in [3.63, 3.8) is 0 Å². The largest absolute Gasteiger partial charge is 0.388 e. The Bertz CT molecular complexity index is 626. The third-order valence-electron chi connectivity index (χ3n) is 3.86. The molecule has 2 aromatic rings. The van der Waals surface area contributed by atoms with Crippen LogP contribution >= 0.6 is 11.3 Å². The van der Waals surface area contributed by atoms with Gasteiger partial charge in [0, 0.05) is 12.2 Å². The third kappa shape index (κ3) is 3.09. The molecule has 21 heavy (non-hydrogen) atoms. The van der Waals surface area contributed by atoms with Crippen LogP contribution in [-0.2, 0) is 13.0 Å². The molecule has 0 fully saturated rings. The zero-order valence-corrected chi connectivity index (χ0v) is 13.4. The Balaban J connectivity index is 1.83. The minimum Gasteiger partial charge on any atom is -0.388 e. The molecular weight excluding hydrogens is 282 g/mol. The summed E-state index contributed by atoms with van der Waals surface area (Å²) in [4.78, 5) is 12.6. The molecule has 0 saturated heterocycles. The van der Waals surface area contributed by atoms with E-state index in [-0.39, 0.29) is 6.10 Å². The van der Waals surface area contributed by atoms with Crippen LogP contribution in [0.2, 0.25) is 0 Å². The second-order valence-corrected chi connectivity index (χ2v) is 6.51. The number of thiazole rings is 1. The van der Waals surface area contributed by atoms with Crippen LogP contribution in [0.4, 0.5) is 5.13 Å². The fraction of sp³-hybridized carbons (Fsp3) is 0.500. The van der Waals surface area contributed by atoms with Gasteiger partial charge < -0.3 is 10.0 Å². The summed E-state index contributed by atoms with van der Waals surface area (Å²) in [6, 6.07) is 6.11. The van der Waals surface area contributed by atoms with Crippen molar-refractivity contribution in [2.45, 2.75) is 45.8 Å². The van der Waals surface area contributed by atoms with Gasteiger partial charge in [0.2, 0.25) is 0 Å². The lowest BCUT2D eigenvalue weighted by molar-refractivity contribution is 0.160. The first kappa shape index (κ1) is 14.5. The molecule has 0 amide bonds. The lowest BCUT2D eigenvalue weighted by atomic mass is 10.0. The highest BCUT2D eigenvalue weighted by Gasteiger charge is 2.24. The van der Waals surface area contributed by atoms with Crippen molar-refractivity contribution < 1.29 is 5.11 Å². The van der Waals surface area contributed by atoms with Crippen LogP contribution in [0.25, 0.3) is 0 Å². The highest BCUT2D eigenvalue weighted by molar-refractivity contribution is 7.15. The SMILES string of the molecule is CCN(Cc1cccc(C)n1)c1nc2c(s1)C(O)CCC2. The first-order chi connectivity index (χ1) is 10.2. The number of hydrogen-bond acceptors (Lipinski definition) is 5. The molecule has 0 radical (unpaired) electrons. The number of rotatable bonds is 4. The number of aliphatic hydroxyl groups is 1. The molecule has 1 aliphatic rings. The molecule has 1 atom stereocenters. The van der Waals surface area contributed by atoms with Gasteiger partial charge in [0.15, 0.2) is 5.13 Å². The van der Waals surface area contributed by atoms with Crippen LogP contribution in [0.3, 0.4) is 0 Å². The minimum atomic E-state index is -0.323. The Kier molecular flexibility index (Phi) is 4.22. The molecule has 0 saturated carbocycles. The van der Waals surface area contributed by atoms with Crippen molar-refractivity contribution in [3.8, 4) is 0 Å². The van der Waals surface area contributed by atoms with Gasteiger partial charge in [0.25, 0.3) is 0 Å². The van der Waals surface area contributed by atoms with Crippen molar-refractivity contribution in [1.29, 1.82) is 0 Å². The maximum absolute atomic E-state index is 10.1. The number of hydrogen-bond donors (Lipinski definition) is 1. The summed E-state index contributed by atoms with van der Waals surface area (Å²) in [6.45, 7) is 5.80. The van der Waals surface area contributed by atoms with Crippen molar-refractivity contribution in [3.05, 3.63) is 40.2 Å². The van der Waals surface area contributed by atoms with Gasteiger partial charge in [0.05, 0.1) is 28.9 Å². The van der Waals surface area contributed by atoms with E-state index in [0.29, 0.717) is 0 Å². The summed E-state index contributed by atoms with van der Waals surface area (Å²) in [6.07, 6.45) is 2.56. The van der Waals surface area contributed by atoms with Gasteiger partial charge in [-0.2, -0.15) is 0 Å². The predicted molar refractivity (Wildman–Crippen MR) is 85.7 cm³/mol. The Labute approximate surface area is 129 Å². The van der Waals surface area contributed by atoms with E-state index in [2.05, 4.69) is 22.9 Å². The number of aryl methyl sites for hydroxylation is 2. The third-order valence-corrected chi connectivity index (χ3v) is 5.12. The highest BCUT2D eigenvalue weighted by atomic mass is 32.1. The average molecular weight is 303 g/mol. The number of fused-ring (bicyclic) bond motifs is 1. The first-order valence-corrected chi connectivity index (χ1v) is 8.34. The van der Waals surface area contributed by atoms with Gasteiger partial charge >= 0.3 is 0 Å². The normalized spacial score (nSPS) is 17.6. The van der Waals surface area contributed by atoms with E-state index in [9.17, 15) is 5.11 Å². The maximum atomic E-state index is 10.1. The first-order valence-electron chi connectivity index (χ1n) is 7.52. The number of nitrogens with zero attached hydrogens (tertiary/aromatic N) is 3. The highest BCUT2D eigenvalue weighted by Crippen LogP contribution is 2.37. The van der Waals surface area contributed by atoms with E-state index < -0.39 is 0 Å². The molecule has 1 N–H and O–H groups in total. The Hall–Kier alpha value is -1.46. The Morgan fingerprint density at radius 1 is 1.38 bits per heavy atom. The molecule has 4 nitrogen and oxygen atoms in total. The summed E-state index contributed by atoms with van der Waals surface area (Å²) in [7, 11) is 0. The molecule has 2 heterocycles. The molecule has 3 rings (SSSR count). The summed E-state index contributed by atoms with van der Waals surface area (Å²) in [5, 5.41) is 11.1. The Morgan fingerprint density at radius 3 is 2.95 bits per heavy atom. The van der Waals surface area contributed by atoms with Crippen LogP contribution in [0.15, 0.2) is 18.2 Å². The smallest absolute Gasteiger partial charge is 0.186 e. The molecule has 0 aliphatic heterocycles. The van der Waals surface area contributed by atoms with Gasteiger partial charge in [-0.15, -0.1) is 0 Å². The van der Waals surface area contributed by atoms with Crippen LogP contribution in [0.1, 0.15) is 47.8 Å². The maximum Gasteiger partial charge on any atom is 0.186 e. The molecule has 5 heteroatoms. The zero-order valence-electron chi connectivity index (χ0n) is 12.5. The lowest BCUT2D eigenvalue weighted by Gasteiger charge is -2.19. The molecule has 0 bridgehead atoms. The summed E-state index contributed by atoms with van der Waals surface area (Å²) in [5.41, 5.74) is 3.19. The standard InChI is InChI=1S/C16H21N3OS/c1-3-19(10-12-7-4-6-11(2)17-12)16-18-13-8-5-9-14(20)15(13)21-16/h4,6-7,14,20H,3,5,8-10H2,1-2H3. The number of aromatic nitrogens is 2. The fourth-order valence-electron chi connectivity index (χ4n) is 2.72. The van der Waals surface area contributed by atoms with Crippen LogP contribution in [0.5, 0.6) is 0 Å². The zero-order chi connectivity index (χ0) is 14.8. The van der Waals surface area contributed by atoms with E-state index in [1.54, 1.807) is 11.3 Å². The molecule has 1 unspecified atom stereocenters. The van der Waals surface area contributed by atoms with Crippen LogP contribution in [-0.4, -0.2) is 21.6 Å². The monoisotopic (exact) mass is 303 g/mol. The van der Waals surface area contributed by atoms with Crippen molar-refractivity contribution >= 4 is 16.5 Å². The van der Waals surface area contributed by atoms with E-state index >= 15 is 0 Å². The van der Waals surface area contributed by atoms with E-state index in [1.165, 1.54) is 0 Å². The Morgan fingerprint density at radius 2 is 2.24 bits per heavy atom. The number of anilines is 1. The van der Waals surface area contributed by atoms with Gasteiger partial charge in [-0.1, -0.05) is 17.4 Å². The van der Waals surface area contributed by atoms with E-state index in [1.807, 2.05) is 19.1 Å². The van der Waals surface area contributed by atoms with E-state index in [4.69, 9.17) is 4.98 Å². The summed E-state index contributed by atoms with van der Waals surface area (Å²) in [5.74, 6) is 0. The predicted octanol–water partition coefficient (Wildman–Crippen LogP) is 3.24. The van der Waals surface area contributed by atoms with E-state index in [0.717, 1.165) is 59.4 Å². The van der Waals surface area contributed by atoms with Crippen LogP contribution < -0.4 is 4.90 Å². The van der Waals surface area contributed by atoms with Gasteiger partial charge in [-0.3, -0.25) is 4.98 Å². The summed E-state index contributed by atoms with van der Waals surface area (Å²) >= 11 is 1.64. The van der Waals surface area contributed by atoms with Gasteiger partial charge in [0.1, 0.15) is 0 Å². The molecule has 0 spiro atoms. The molecular formula is C16H21N3OS. The minimum absolute atomic E-state index is 0.323. The summed E-state index contributed by atoms with van der Waals surface area (Å²) < 4.78 is 0. The number of pyridine rings is 1. The lowest BCUT2D eigenvalue weighted by Crippen LogP contribution is -2.22. The average Bonchev–Trinajstić information content (AvgIpc) is 2.90. The van der Waals surface area contributed by atoms with Crippen molar-refractivity contribution in [2.24, 2.45) is 0 Å². The topological polar surface area (TPSA) is 49.2 Å². The molecule has 2 aromatic heterocycles. The van der Waals surface area contributed by atoms with Crippen molar-refractivity contribution in [1.82, 2.24) is 9.97 Å². The quantitative estimate of drug-likeness (QED) is 0.942. The second kappa shape index (κ2) is 6.12.